The zero-order chi connectivity index (χ0) is 17.6. The minimum Gasteiger partial charge on any atom is -0.340 e. The Hall–Kier alpha value is -1.17. The predicted molar refractivity (Wildman–Crippen MR) is 101 cm³/mol. The van der Waals surface area contributed by atoms with Gasteiger partial charge in [0.2, 0.25) is 5.91 Å². The molecule has 2 saturated heterocycles. The van der Waals surface area contributed by atoms with Crippen molar-refractivity contribution in [2.75, 3.05) is 45.8 Å². The number of pyridine rings is 1. The molecule has 0 N–H and O–H groups in total. The third-order valence-corrected chi connectivity index (χ3v) is 5.76. The Morgan fingerprint density at radius 1 is 1.12 bits per heavy atom. The van der Waals surface area contributed by atoms with Crippen LogP contribution in [0.4, 0.5) is 0 Å². The van der Waals surface area contributed by atoms with Gasteiger partial charge in [-0.15, -0.1) is 0 Å². The van der Waals surface area contributed by atoms with Gasteiger partial charge < -0.3 is 9.80 Å². The van der Waals surface area contributed by atoms with E-state index in [-0.39, 0.29) is 0 Å². The molecule has 2 aliphatic rings. The fourth-order valence-corrected chi connectivity index (χ4v) is 3.91. The highest BCUT2D eigenvalue weighted by atomic mass is 35.5. The van der Waals surface area contributed by atoms with Crippen molar-refractivity contribution in [2.24, 2.45) is 5.92 Å². The second-order valence-electron chi connectivity index (χ2n) is 7.23. The van der Waals surface area contributed by atoms with E-state index < -0.39 is 0 Å². The number of carbonyl (C=O) groups excluding carboxylic acids is 1. The molecule has 6 heteroatoms. The van der Waals surface area contributed by atoms with Crippen molar-refractivity contribution >= 4 is 17.5 Å². The second kappa shape index (κ2) is 8.97. The molecule has 3 rings (SSSR count). The van der Waals surface area contributed by atoms with Crippen molar-refractivity contribution in [1.29, 1.82) is 0 Å². The lowest BCUT2D eigenvalue weighted by molar-refractivity contribution is -0.134. The molecule has 3 heterocycles. The van der Waals surface area contributed by atoms with Crippen molar-refractivity contribution in [1.82, 2.24) is 19.7 Å². The maximum atomic E-state index is 12.6. The fraction of sp³-hybridized carbons (Fsp3) is 0.684. The van der Waals surface area contributed by atoms with Gasteiger partial charge >= 0.3 is 0 Å². The summed E-state index contributed by atoms with van der Waals surface area (Å²) in [6.45, 7) is 10.1. The summed E-state index contributed by atoms with van der Waals surface area (Å²) in [5, 5.41) is 0.531. The summed E-state index contributed by atoms with van der Waals surface area (Å²) in [4.78, 5) is 23.6. The van der Waals surface area contributed by atoms with E-state index in [0.717, 1.165) is 58.8 Å². The van der Waals surface area contributed by atoms with Gasteiger partial charge in [0.1, 0.15) is 5.15 Å². The minimum absolute atomic E-state index is 0.350. The van der Waals surface area contributed by atoms with E-state index in [9.17, 15) is 4.79 Å². The third kappa shape index (κ3) is 5.40. The largest absolute Gasteiger partial charge is 0.340 e. The molecule has 1 aromatic heterocycles. The van der Waals surface area contributed by atoms with Crippen molar-refractivity contribution in [3.8, 4) is 0 Å². The minimum atomic E-state index is 0.350. The normalized spacial score (nSPS) is 20.8. The molecule has 0 aliphatic carbocycles. The maximum absolute atomic E-state index is 12.6. The molecule has 138 valence electrons. The van der Waals surface area contributed by atoms with Crippen molar-refractivity contribution in [2.45, 2.75) is 32.7 Å². The summed E-state index contributed by atoms with van der Waals surface area (Å²) in [7, 11) is 0. The molecule has 25 heavy (non-hydrogen) atoms. The van der Waals surface area contributed by atoms with Crippen LogP contribution in [0.1, 0.15) is 31.7 Å². The number of carbonyl (C=O) groups is 1. The first-order valence-corrected chi connectivity index (χ1v) is 9.84. The van der Waals surface area contributed by atoms with Crippen molar-refractivity contribution < 1.29 is 4.79 Å². The Balaban J connectivity index is 1.39. The molecule has 0 unspecified atom stereocenters. The molecule has 1 aromatic rings. The SMILES string of the molecule is CCN1CCC(CC(=O)N2CCN(Cc3ccc(Cl)nc3)CC2)CC1. The number of likely N-dealkylation sites (tertiary alicyclic amines) is 1. The molecular weight excluding hydrogens is 336 g/mol. The topological polar surface area (TPSA) is 39.7 Å². The summed E-state index contributed by atoms with van der Waals surface area (Å²) < 4.78 is 0. The van der Waals surface area contributed by atoms with Crippen LogP contribution in [0.25, 0.3) is 0 Å². The van der Waals surface area contributed by atoms with Crippen LogP contribution in [0.3, 0.4) is 0 Å². The number of nitrogens with zero attached hydrogens (tertiary/aromatic N) is 4. The fourth-order valence-electron chi connectivity index (χ4n) is 3.80. The molecule has 0 aromatic carbocycles. The monoisotopic (exact) mass is 364 g/mol. The average molecular weight is 365 g/mol. The van der Waals surface area contributed by atoms with Gasteiger partial charge in [-0.05, 0) is 50.0 Å². The molecule has 0 radical (unpaired) electrons. The van der Waals surface area contributed by atoms with E-state index in [1.54, 1.807) is 0 Å². The molecular formula is C19H29ClN4O. The highest BCUT2D eigenvalue weighted by Crippen LogP contribution is 2.21. The van der Waals surface area contributed by atoms with Crippen LogP contribution >= 0.6 is 11.6 Å². The first-order valence-electron chi connectivity index (χ1n) is 9.47. The number of hydrogen-bond donors (Lipinski definition) is 0. The van der Waals surface area contributed by atoms with Gasteiger partial charge in [0, 0.05) is 45.3 Å². The van der Waals surface area contributed by atoms with Gasteiger partial charge in [0.25, 0.3) is 0 Å². The van der Waals surface area contributed by atoms with Gasteiger partial charge in [0.05, 0.1) is 0 Å². The quantitative estimate of drug-likeness (QED) is 0.752. The Kier molecular flexibility index (Phi) is 6.68. The summed E-state index contributed by atoms with van der Waals surface area (Å²) in [6.07, 6.45) is 4.91. The summed E-state index contributed by atoms with van der Waals surface area (Å²) >= 11 is 5.83. The van der Waals surface area contributed by atoms with Crippen molar-refractivity contribution in [3.63, 3.8) is 0 Å². The number of piperidine rings is 1. The van der Waals surface area contributed by atoms with Gasteiger partial charge in [-0.25, -0.2) is 4.98 Å². The Bertz CT molecular complexity index is 549. The number of hydrogen-bond acceptors (Lipinski definition) is 4. The molecule has 0 spiro atoms. The predicted octanol–water partition coefficient (Wildman–Crippen LogP) is 2.50. The molecule has 0 bridgehead atoms. The van der Waals surface area contributed by atoms with Crippen LogP contribution in [0, 0.1) is 5.92 Å². The van der Waals surface area contributed by atoms with Crippen LogP contribution in [-0.4, -0.2) is 71.4 Å². The van der Waals surface area contributed by atoms with E-state index in [4.69, 9.17) is 11.6 Å². The first kappa shape index (κ1) is 18.6. The van der Waals surface area contributed by atoms with E-state index in [1.165, 1.54) is 18.4 Å². The Morgan fingerprint density at radius 2 is 1.84 bits per heavy atom. The molecule has 1 amide bonds. The highest BCUT2D eigenvalue weighted by molar-refractivity contribution is 6.29. The average Bonchev–Trinajstić information content (AvgIpc) is 2.65. The number of piperazine rings is 1. The molecule has 0 saturated carbocycles. The lowest BCUT2D eigenvalue weighted by Gasteiger charge is -2.36. The smallest absolute Gasteiger partial charge is 0.222 e. The Morgan fingerprint density at radius 3 is 2.44 bits per heavy atom. The third-order valence-electron chi connectivity index (χ3n) is 5.54. The molecule has 5 nitrogen and oxygen atoms in total. The maximum Gasteiger partial charge on any atom is 0.222 e. The zero-order valence-corrected chi connectivity index (χ0v) is 15.9. The van der Waals surface area contributed by atoms with E-state index >= 15 is 0 Å². The highest BCUT2D eigenvalue weighted by Gasteiger charge is 2.25. The van der Waals surface area contributed by atoms with Gasteiger partial charge in [-0.3, -0.25) is 9.69 Å². The Labute approximate surface area is 155 Å². The summed E-state index contributed by atoms with van der Waals surface area (Å²) in [5.41, 5.74) is 1.17. The van der Waals surface area contributed by atoms with Crippen LogP contribution in [0.2, 0.25) is 5.15 Å². The summed E-state index contributed by atoms with van der Waals surface area (Å²) in [6, 6.07) is 3.86. The van der Waals surface area contributed by atoms with Gasteiger partial charge in [-0.2, -0.15) is 0 Å². The summed E-state index contributed by atoms with van der Waals surface area (Å²) in [5.74, 6) is 0.927. The lowest BCUT2D eigenvalue weighted by Crippen LogP contribution is -2.48. The number of halogens is 1. The molecule has 2 aliphatic heterocycles. The number of aromatic nitrogens is 1. The first-order chi connectivity index (χ1) is 12.1. The van der Waals surface area contributed by atoms with E-state index in [2.05, 4.69) is 26.6 Å². The van der Waals surface area contributed by atoms with Gasteiger partial charge in [0.15, 0.2) is 0 Å². The van der Waals surface area contributed by atoms with Gasteiger partial charge in [-0.1, -0.05) is 24.6 Å². The van der Waals surface area contributed by atoms with Crippen LogP contribution in [0.5, 0.6) is 0 Å². The van der Waals surface area contributed by atoms with E-state index in [1.807, 2.05) is 18.3 Å². The van der Waals surface area contributed by atoms with E-state index in [0.29, 0.717) is 17.0 Å². The number of amides is 1. The van der Waals surface area contributed by atoms with Crippen LogP contribution in [0.15, 0.2) is 18.3 Å². The van der Waals surface area contributed by atoms with Crippen LogP contribution < -0.4 is 0 Å². The second-order valence-corrected chi connectivity index (χ2v) is 7.62. The molecule has 2 fully saturated rings. The lowest BCUT2D eigenvalue weighted by atomic mass is 9.93. The zero-order valence-electron chi connectivity index (χ0n) is 15.2. The number of rotatable bonds is 5. The van der Waals surface area contributed by atoms with Crippen LogP contribution in [-0.2, 0) is 11.3 Å². The standard InChI is InChI=1S/C19H29ClN4O/c1-2-22-7-5-16(6-8-22)13-19(25)24-11-9-23(10-12-24)15-17-3-4-18(20)21-14-17/h3-4,14,16H,2,5-13,15H2,1H3. The van der Waals surface area contributed by atoms with Crippen molar-refractivity contribution in [3.05, 3.63) is 29.0 Å². The molecule has 0 atom stereocenters.